The molecule has 3 aromatic rings. The van der Waals surface area contributed by atoms with Crippen LogP contribution in [0.15, 0.2) is 71.2 Å². The molecule has 0 aliphatic rings. The molecule has 0 fully saturated rings. The molecule has 0 aromatic heterocycles. The highest BCUT2D eigenvalue weighted by molar-refractivity contribution is 9.10. The Balaban J connectivity index is 1.70. The summed E-state index contributed by atoms with van der Waals surface area (Å²) in [7, 11) is 1.57. The minimum absolute atomic E-state index is 0.250. The highest BCUT2D eigenvalue weighted by atomic mass is 79.9. The maximum atomic E-state index is 12.7. The molecule has 3 aromatic carbocycles. The monoisotopic (exact) mass is 483 g/mol. The SMILES string of the molecule is CCOC(=O)c1ccc(NC(=O)c2ccc(OC)c(COc3ccc(Br)cc3)c2)cc1. The normalized spacial score (nSPS) is 10.3. The topological polar surface area (TPSA) is 73.9 Å². The number of rotatable bonds is 8. The average molecular weight is 484 g/mol. The van der Waals surface area contributed by atoms with Gasteiger partial charge in [-0.2, -0.15) is 0 Å². The lowest BCUT2D eigenvalue weighted by Gasteiger charge is -2.13. The number of ether oxygens (including phenoxy) is 3. The van der Waals surface area contributed by atoms with E-state index in [9.17, 15) is 9.59 Å². The quantitative estimate of drug-likeness (QED) is 0.430. The molecule has 0 saturated heterocycles. The molecule has 0 atom stereocenters. The summed E-state index contributed by atoms with van der Waals surface area (Å²) >= 11 is 3.39. The zero-order chi connectivity index (χ0) is 22.2. The second-order valence-electron chi connectivity index (χ2n) is 6.52. The van der Waals surface area contributed by atoms with Gasteiger partial charge in [0.2, 0.25) is 0 Å². The highest BCUT2D eigenvalue weighted by Gasteiger charge is 2.12. The summed E-state index contributed by atoms with van der Waals surface area (Å²) in [5.74, 6) is 0.664. The van der Waals surface area contributed by atoms with E-state index < -0.39 is 5.97 Å². The summed E-state index contributed by atoms with van der Waals surface area (Å²) in [6, 6.07) is 19.2. The van der Waals surface area contributed by atoms with Crippen LogP contribution in [0.5, 0.6) is 11.5 Å². The van der Waals surface area contributed by atoms with E-state index in [1.807, 2.05) is 24.3 Å². The van der Waals surface area contributed by atoms with Gasteiger partial charge in [0.05, 0.1) is 19.3 Å². The van der Waals surface area contributed by atoms with Crippen LogP contribution < -0.4 is 14.8 Å². The Hall–Kier alpha value is -3.32. The summed E-state index contributed by atoms with van der Waals surface area (Å²) in [6.07, 6.45) is 0. The number of nitrogens with one attached hydrogen (secondary N) is 1. The van der Waals surface area contributed by atoms with E-state index >= 15 is 0 Å². The summed E-state index contributed by atoms with van der Waals surface area (Å²) in [4.78, 5) is 24.5. The smallest absolute Gasteiger partial charge is 0.338 e. The number of esters is 1. The van der Waals surface area contributed by atoms with Gasteiger partial charge in [0, 0.05) is 21.3 Å². The number of methoxy groups -OCH3 is 1. The fourth-order valence-corrected chi connectivity index (χ4v) is 3.10. The standard InChI is InChI=1S/C24H22BrNO5/c1-3-30-24(28)16-4-9-20(10-5-16)26-23(27)17-6-13-22(29-2)18(14-17)15-31-21-11-7-19(25)8-12-21/h4-14H,3,15H2,1-2H3,(H,26,27). The number of carbonyl (C=O) groups excluding carboxylic acids is 2. The van der Waals surface area contributed by atoms with Crippen LogP contribution in [0.2, 0.25) is 0 Å². The lowest BCUT2D eigenvalue weighted by atomic mass is 10.1. The lowest BCUT2D eigenvalue weighted by molar-refractivity contribution is 0.0526. The average Bonchev–Trinajstić information content (AvgIpc) is 2.79. The van der Waals surface area contributed by atoms with Crippen molar-refractivity contribution in [3.63, 3.8) is 0 Å². The Bertz CT molecular complexity index is 1050. The Morgan fingerprint density at radius 3 is 2.26 bits per heavy atom. The van der Waals surface area contributed by atoms with Crippen LogP contribution in [0.3, 0.4) is 0 Å². The van der Waals surface area contributed by atoms with Crippen molar-refractivity contribution in [2.75, 3.05) is 19.0 Å². The summed E-state index contributed by atoms with van der Waals surface area (Å²) in [5, 5.41) is 2.82. The Labute approximate surface area is 189 Å². The molecule has 0 saturated carbocycles. The number of amides is 1. The minimum atomic E-state index is -0.397. The lowest BCUT2D eigenvalue weighted by Crippen LogP contribution is -2.13. The largest absolute Gasteiger partial charge is 0.496 e. The van der Waals surface area contributed by atoms with Crippen LogP contribution in [0, 0.1) is 0 Å². The summed E-state index contributed by atoms with van der Waals surface area (Å²) in [6.45, 7) is 2.31. The molecular weight excluding hydrogens is 462 g/mol. The zero-order valence-corrected chi connectivity index (χ0v) is 18.8. The maximum absolute atomic E-state index is 12.7. The van der Waals surface area contributed by atoms with Gasteiger partial charge in [0.1, 0.15) is 18.1 Å². The van der Waals surface area contributed by atoms with Gasteiger partial charge in [-0.05, 0) is 73.7 Å². The van der Waals surface area contributed by atoms with Crippen molar-refractivity contribution in [2.24, 2.45) is 0 Å². The molecule has 0 radical (unpaired) electrons. The van der Waals surface area contributed by atoms with Crippen molar-refractivity contribution in [3.05, 3.63) is 87.9 Å². The van der Waals surface area contributed by atoms with Gasteiger partial charge in [-0.25, -0.2) is 4.79 Å². The van der Waals surface area contributed by atoms with Crippen LogP contribution in [-0.4, -0.2) is 25.6 Å². The van der Waals surface area contributed by atoms with Gasteiger partial charge >= 0.3 is 5.97 Å². The van der Waals surface area contributed by atoms with E-state index in [2.05, 4.69) is 21.2 Å². The van der Waals surface area contributed by atoms with E-state index in [1.54, 1.807) is 56.5 Å². The predicted octanol–water partition coefficient (Wildman–Crippen LogP) is 5.47. The zero-order valence-electron chi connectivity index (χ0n) is 17.2. The number of hydrogen-bond acceptors (Lipinski definition) is 5. The van der Waals surface area contributed by atoms with Gasteiger partial charge in [0.25, 0.3) is 5.91 Å². The third kappa shape index (κ3) is 6.08. The third-order valence-corrected chi connectivity index (χ3v) is 4.93. The molecular formula is C24H22BrNO5. The van der Waals surface area contributed by atoms with Gasteiger partial charge in [-0.3, -0.25) is 4.79 Å². The van der Waals surface area contributed by atoms with Crippen molar-refractivity contribution in [1.82, 2.24) is 0 Å². The van der Waals surface area contributed by atoms with Gasteiger partial charge < -0.3 is 19.5 Å². The van der Waals surface area contributed by atoms with Crippen molar-refractivity contribution >= 4 is 33.5 Å². The number of halogens is 1. The van der Waals surface area contributed by atoms with Crippen molar-refractivity contribution in [2.45, 2.75) is 13.5 Å². The van der Waals surface area contributed by atoms with Crippen molar-refractivity contribution in [3.8, 4) is 11.5 Å². The first-order valence-corrected chi connectivity index (χ1v) is 10.4. The second kappa shape index (κ2) is 10.6. The summed E-state index contributed by atoms with van der Waals surface area (Å²) < 4.78 is 17.1. The van der Waals surface area contributed by atoms with Crippen LogP contribution in [-0.2, 0) is 11.3 Å². The van der Waals surface area contributed by atoms with Crippen LogP contribution in [0.1, 0.15) is 33.2 Å². The Morgan fingerprint density at radius 1 is 0.935 bits per heavy atom. The number of hydrogen-bond donors (Lipinski definition) is 1. The number of anilines is 1. The summed E-state index contributed by atoms with van der Waals surface area (Å²) in [5.41, 5.74) is 2.21. The van der Waals surface area contributed by atoms with E-state index in [0.717, 1.165) is 10.0 Å². The fourth-order valence-electron chi connectivity index (χ4n) is 2.83. The van der Waals surface area contributed by atoms with Gasteiger partial charge in [-0.15, -0.1) is 0 Å². The van der Waals surface area contributed by atoms with Crippen LogP contribution in [0.4, 0.5) is 5.69 Å². The molecule has 0 heterocycles. The van der Waals surface area contributed by atoms with E-state index in [0.29, 0.717) is 34.9 Å². The number of carbonyl (C=O) groups is 2. The molecule has 1 amide bonds. The first-order valence-electron chi connectivity index (χ1n) is 9.64. The van der Waals surface area contributed by atoms with E-state index in [4.69, 9.17) is 14.2 Å². The van der Waals surface area contributed by atoms with E-state index in [-0.39, 0.29) is 12.5 Å². The molecule has 6 nitrogen and oxygen atoms in total. The van der Waals surface area contributed by atoms with Crippen LogP contribution in [0.25, 0.3) is 0 Å². The second-order valence-corrected chi connectivity index (χ2v) is 7.44. The molecule has 31 heavy (non-hydrogen) atoms. The first-order chi connectivity index (χ1) is 15.0. The highest BCUT2D eigenvalue weighted by Crippen LogP contribution is 2.24. The van der Waals surface area contributed by atoms with Crippen molar-refractivity contribution < 1.29 is 23.8 Å². The molecule has 0 bridgehead atoms. The molecule has 160 valence electrons. The van der Waals surface area contributed by atoms with E-state index in [1.165, 1.54) is 0 Å². The molecule has 1 N–H and O–H groups in total. The molecule has 3 rings (SSSR count). The minimum Gasteiger partial charge on any atom is -0.496 e. The van der Waals surface area contributed by atoms with Gasteiger partial charge in [-0.1, -0.05) is 15.9 Å². The third-order valence-electron chi connectivity index (χ3n) is 4.40. The Kier molecular flexibility index (Phi) is 7.67. The first kappa shape index (κ1) is 22.4. The fraction of sp³-hybridized carbons (Fsp3) is 0.167. The molecule has 0 spiro atoms. The maximum Gasteiger partial charge on any atom is 0.338 e. The molecule has 0 aliphatic carbocycles. The number of benzene rings is 3. The molecule has 0 aliphatic heterocycles. The molecule has 7 heteroatoms. The van der Waals surface area contributed by atoms with Crippen LogP contribution >= 0.6 is 15.9 Å². The predicted molar refractivity (Wildman–Crippen MR) is 122 cm³/mol. The van der Waals surface area contributed by atoms with Crippen molar-refractivity contribution in [1.29, 1.82) is 0 Å². The molecule has 0 unspecified atom stereocenters. The Morgan fingerprint density at radius 2 is 1.61 bits per heavy atom. The van der Waals surface area contributed by atoms with Gasteiger partial charge in [0.15, 0.2) is 0 Å².